The first-order chi connectivity index (χ1) is 15.2. The molecule has 0 radical (unpaired) electrons. The van der Waals surface area contributed by atoms with Gasteiger partial charge in [-0.2, -0.15) is 4.72 Å². The summed E-state index contributed by atoms with van der Waals surface area (Å²) in [5, 5.41) is 9.93. The second kappa shape index (κ2) is 8.86. The highest BCUT2D eigenvalue weighted by atomic mass is 79.9. The summed E-state index contributed by atoms with van der Waals surface area (Å²) in [6.07, 6.45) is 1.50. The molecule has 0 saturated carbocycles. The highest BCUT2D eigenvalue weighted by Gasteiger charge is 2.45. The lowest BCUT2D eigenvalue weighted by Gasteiger charge is -2.23. The zero-order valence-corrected chi connectivity index (χ0v) is 20.3. The minimum Gasteiger partial charge on any atom is -0.480 e. The van der Waals surface area contributed by atoms with E-state index in [1.807, 2.05) is 48.5 Å². The van der Waals surface area contributed by atoms with Crippen LogP contribution < -0.4 is 4.72 Å². The minimum absolute atomic E-state index is 0.0667. The normalized spacial score (nSPS) is 18.4. The first-order valence-corrected chi connectivity index (χ1v) is 13.0. The molecule has 0 amide bonds. The van der Waals surface area contributed by atoms with Crippen LogP contribution in [0.15, 0.2) is 88.2 Å². The van der Waals surface area contributed by atoms with E-state index in [-0.39, 0.29) is 10.6 Å². The molecule has 0 aromatic heterocycles. The Morgan fingerprint density at radius 2 is 1.53 bits per heavy atom. The summed E-state index contributed by atoms with van der Waals surface area (Å²) in [6, 6.07) is 22.3. The molecule has 4 rings (SSSR count). The second-order valence-electron chi connectivity index (χ2n) is 7.53. The van der Waals surface area contributed by atoms with Gasteiger partial charge in [-0.25, -0.2) is 13.2 Å². The minimum atomic E-state index is -4.02. The number of aliphatic carboxylic acids is 1. The topological polar surface area (TPSA) is 83.5 Å². The van der Waals surface area contributed by atoms with E-state index in [2.05, 4.69) is 20.7 Å². The summed E-state index contributed by atoms with van der Waals surface area (Å²) in [6.45, 7) is 1.68. The summed E-state index contributed by atoms with van der Waals surface area (Å²) >= 11 is 4.75. The number of thioether (sulfide) groups is 1. The van der Waals surface area contributed by atoms with E-state index >= 15 is 0 Å². The number of hydrogen-bond donors (Lipinski definition) is 2. The van der Waals surface area contributed by atoms with Crippen LogP contribution in [0.25, 0.3) is 16.0 Å². The van der Waals surface area contributed by atoms with E-state index in [0.717, 1.165) is 26.1 Å². The van der Waals surface area contributed by atoms with E-state index in [0.29, 0.717) is 5.56 Å². The molecule has 1 aliphatic heterocycles. The number of benzene rings is 3. The predicted molar refractivity (Wildman–Crippen MR) is 132 cm³/mol. The van der Waals surface area contributed by atoms with E-state index in [4.69, 9.17) is 0 Å². The van der Waals surface area contributed by atoms with Crippen LogP contribution in [0.5, 0.6) is 0 Å². The lowest BCUT2D eigenvalue weighted by molar-refractivity contribution is -0.141. The first kappa shape index (κ1) is 22.8. The van der Waals surface area contributed by atoms with Gasteiger partial charge in [-0.1, -0.05) is 70.5 Å². The molecule has 1 aliphatic rings. The predicted octanol–water partition coefficient (Wildman–Crippen LogP) is 5.31. The molecule has 164 valence electrons. The van der Waals surface area contributed by atoms with Gasteiger partial charge in [0.25, 0.3) is 0 Å². The maximum Gasteiger partial charge on any atom is 0.329 e. The van der Waals surface area contributed by atoms with Gasteiger partial charge in [-0.15, -0.1) is 11.8 Å². The molecular weight excluding hydrogens is 510 g/mol. The lowest BCUT2D eigenvalue weighted by atomic mass is 10.0. The number of aryl methyl sites for hydroxylation is 1. The van der Waals surface area contributed by atoms with E-state index < -0.39 is 21.5 Å². The van der Waals surface area contributed by atoms with Crippen LogP contribution in [0, 0.1) is 6.92 Å². The zero-order valence-electron chi connectivity index (χ0n) is 17.1. The fourth-order valence-electron chi connectivity index (χ4n) is 3.51. The molecule has 1 unspecified atom stereocenters. The Morgan fingerprint density at radius 3 is 2.12 bits per heavy atom. The third kappa shape index (κ3) is 4.54. The van der Waals surface area contributed by atoms with Crippen molar-refractivity contribution in [1.29, 1.82) is 0 Å². The number of hydrogen-bond acceptors (Lipinski definition) is 4. The van der Waals surface area contributed by atoms with Crippen molar-refractivity contribution in [3.05, 3.63) is 94.5 Å². The van der Waals surface area contributed by atoms with Crippen LogP contribution in [0.2, 0.25) is 0 Å². The SMILES string of the molecule is Cc1ccccc1S(=O)(=O)NC1(C(=O)O)C=C(c2ccc(-c3ccc(Br)cc3)cc2)SC1. The van der Waals surface area contributed by atoms with Crippen LogP contribution in [0.3, 0.4) is 0 Å². The highest BCUT2D eigenvalue weighted by molar-refractivity contribution is 9.10. The van der Waals surface area contributed by atoms with Gasteiger partial charge in [0.2, 0.25) is 10.0 Å². The average molecular weight is 530 g/mol. The summed E-state index contributed by atoms with van der Waals surface area (Å²) < 4.78 is 29.4. The van der Waals surface area contributed by atoms with Gasteiger partial charge in [0, 0.05) is 15.1 Å². The van der Waals surface area contributed by atoms with Crippen molar-refractivity contribution in [2.45, 2.75) is 17.4 Å². The molecule has 2 N–H and O–H groups in total. The summed E-state index contributed by atoms with van der Waals surface area (Å²) in [7, 11) is -4.02. The van der Waals surface area contributed by atoms with Crippen molar-refractivity contribution in [1.82, 2.24) is 4.72 Å². The third-order valence-corrected chi connectivity index (χ3v) is 8.72. The molecular formula is C24H20BrNO4S2. The Bertz CT molecular complexity index is 1300. The maximum atomic E-state index is 13.0. The lowest BCUT2D eigenvalue weighted by Crippen LogP contribution is -2.53. The van der Waals surface area contributed by atoms with Crippen LogP contribution in [0.1, 0.15) is 11.1 Å². The standard InChI is InChI=1S/C24H20BrNO4S2/c1-16-4-2-3-5-22(16)32(29,30)26-24(23(27)28)14-21(31-15-24)19-8-6-17(7-9-19)18-10-12-20(25)13-11-18/h2-14,26H,15H2,1H3,(H,27,28). The Balaban J connectivity index is 1.63. The Morgan fingerprint density at radius 1 is 0.969 bits per heavy atom. The summed E-state index contributed by atoms with van der Waals surface area (Å²) in [5.74, 6) is -1.17. The van der Waals surface area contributed by atoms with Gasteiger partial charge >= 0.3 is 5.97 Å². The van der Waals surface area contributed by atoms with Crippen LogP contribution in [-0.4, -0.2) is 30.8 Å². The van der Waals surface area contributed by atoms with Gasteiger partial charge < -0.3 is 5.11 Å². The van der Waals surface area contributed by atoms with Gasteiger partial charge in [-0.05, 0) is 53.5 Å². The zero-order chi connectivity index (χ0) is 22.9. The third-order valence-electron chi connectivity index (χ3n) is 5.26. The van der Waals surface area contributed by atoms with E-state index in [1.54, 1.807) is 25.1 Å². The van der Waals surface area contributed by atoms with Crippen LogP contribution in [-0.2, 0) is 14.8 Å². The van der Waals surface area contributed by atoms with Crippen molar-refractivity contribution in [3.8, 4) is 11.1 Å². The second-order valence-corrected chi connectivity index (χ2v) is 11.1. The average Bonchev–Trinajstić information content (AvgIpc) is 3.19. The number of nitrogens with one attached hydrogen (secondary N) is 1. The molecule has 0 spiro atoms. The number of halogens is 1. The fraction of sp³-hybridized carbons (Fsp3) is 0.125. The number of carbonyl (C=O) groups is 1. The quantitative estimate of drug-likeness (QED) is 0.451. The monoisotopic (exact) mass is 529 g/mol. The smallest absolute Gasteiger partial charge is 0.329 e. The van der Waals surface area contributed by atoms with E-state index in [9.17, 15) is 18.3 Å². The summed E-state index contributed by atoms with van der Waals surface area (Å²) in [4.78, 5) is 13.0. The van der Waals surface area contributed by atoms with E-state index in [1.165, 1.54) is 23.9 Å². The molecule has 3 aromatic carbocycles. The van der Waals surface area contributed by atoms with Crippen molar-refractivity contribution in [3.63, 3.8) is 0 Å². The van der Waals surface area contributed by atoms with Gasteiger partial charge in [0.1, 0.15) is 0 Å². The van der Waals surface area contributed by atoms with Crippen LogP contribution in [0.4, 0.5) is 0 Å². The Labute approximate surface area is 199 Å². The Kier molecular flexibility index (Phi) is 6.31. The van der Waals surface area contributed by atoms with Gasteiger partial charge in [-0.3, -0.25) is 0 Å². The first-order valence-electron chi connectivity index (χ1n) is 9.75. The molecule has 32 heavy (non-hydrogen) atoms. The number of sulfonamides is 1. The van der Waals surface area contributed by atoms with Gasteiger partial charge in [0.15, 0.2) is 5.54 Å². The Hall–Kier alpha value is -2.39. The molecule has 1 atom stereocenters. The van der Waals surface area contributed by atoms with Crippen molar-refractivity contribution in [2.75, 3.05) is 5.75 Å². The van der Waals surface area contributed by atoms with Crippen molar-refractivity contribution in [2.24, 2.45) is 0 Å². The van der Waals surface area contributed by atoms with Crippen molar-refractivity contribution < 1.29 is 18.3 Å². The molecule has 3 aromatic rings. The van der Waals surface area contributed by atoms with Crippen LogP contribution >= 0.6 is 27.7 Å². The molecule has 0 bridgehead atoms. The van der Waals surface area contributed by atoms with Gasteiger partial charge in [0.05, 0.1) is 4.90 Å². The number of carboxylic acid groups (broad SMARTS) is 1. The fourth-order valence-corrected chi connectivity index (χ4v) is 6.68. The molecule has 0 aliphatic carbocycles. The molecule has 5 nitrogen and oxygen atoms in total. The summed E-state index contributed by atoms with van der Waals surface area (Å²) in [5.41, 5.74) is 1.78. The maximum absolute atomic E-state index is 13.0. The number of carboxylic acids is 1. The molecule has 0 fully saturated rings. The molecule has 0 saturated heterocycles. The molecule has 8 heteroatoms. The molecule has 1 heterocycles. The number of rotatable bonds is 6. The highest BCUT2D eigenvalue weighted by Crippen LogP contribution is 2.40. The van der Waals surface area contributed by atoms with Crippen molar-refractivity contribution >= 4 is 48.6 Å². The largest absolute Gasteiger partial charge is 0.480 e.